The first-order valence-electron chi connectivity index (χ1n) is 9.71. The standard InChI is InChI=1S/C20H24N6O3/c1-13(2)24-14-3-5-15(6-4-14)26-18-17(11-23-26)19(22-12-21-18)29-16-7-9-25(10-8-16)20(27)28/h3-6,11-13,16,24H,7-10H2,1-2H3,(H,27,28). The molecule has 9 heteroatoms. The normalized spacial score (nSPS) is 15.1. The summed E-state index contributed by atoms with van der Waals surface area (Å²) >= 11 is 0. The number of hydrogen-bond acceptors (Lipinski definition) is 6. The highest BCUT2D eigenvalue weighted by Crippen LogP contribution is 2.26. The van der Waals surface area contributed by atoms with Crippen LogP contribution in [0.25, 0.3) is 16.7 Å². The number of benzene rings is 1. The van der Waals surface area contributed by atoms with E-state index in [1.807, 2.05) is 24.3 Å². The van der Waals surface area contributed by atoms with Crippen molar-refractivity contribution in [3.05, 3.63) is 36.8 Å². The SMILES string of the molecule is CC(C)Nc1ccc(-n2ncc3c(OC4CCN(C(=O)O)CC4)ncnc32)cc1. The molecule has 0 unspecified atom stereocenters. The number of amides is 1. The summed E-state index contributed by atoms with van der Waals surface area (Å²) in [5, 5.41) is 17.6. The van der Waals surface area contributed by atoms with Gasteiger partial charge in [-0.2, -0.15) is 5.10 Å². The van der Waals surface area contributed by atoms with Crippen molar-refractivity contribution >= 4 is 22.8 Å². The number of carboxylic acid groups (broad SMARTS) is 1. The summed E-state index contributed by atoms with van der Waals surface area (Å²) in [6.45, 7) is 5.12. The van der Waals surface area contributed by atoms with Crippen LogP contribution in [0.4, 0.5) is 10.5 Å². The molecule has 0 saturated carbocycles. The first-order chi connectivity index (χ1) is 14.0. The van der Waals surface area contributed by atoms with Gasteiger partial charge in [0.15, 0.2) is 5.65 Å². The van der Waals surface area contributed by atoms with Gasteiger partial charge in [0.1, 0.15) is 17.8 Å². The fourth-order valence-corrected chi connectivity index (χ4v) is 3.46. The molecule has 0 atom stereocenters. The zero-order valence-electron chi connectivity index (χ0n) is 16.4. The molecule has 1 aliphatic rings. The molecule has 1 saturated heterocycles. The molecule has 3 aromatic rings. The van der Waals surface area contributed by atoms with Crippen molar-refractivity contribution in [3.8, 4) is 11.6 Å². The summed E-state index contributed by atoms with van der Waals surface area (Å²) in [7, 11) is 0. The fraction of sp³-hybridized carbons (Fsp3) is 0.400. The van der Waals surface area contributed by atoms with Gasteiger partial charge >= 0.3 is 6.09 Å². The van der Waals surface area contributed by atoms with E-state index in [1.165, 1.54) is 11.2 Å². The monoisotopic (exact) mass is 396 g/mol. The molecule has 3 heterocycles. The summed E-state index contributed by atoms with van der Waals surface area (Å²) in [6, 6.07) is 8.36. The van der Waals surface area contributed by atoms with Crippen molar-refractivity contribution in [2.75, 3.05) is 18.4 Å². The maximum absolute atomic E-state index is 11.1. The first-order valence-corrected chi connectivity index (χ1v) is 9.71. The maximum atomic E-state index is 11.1. The molecule has 0 aliphatic carbocycles. The van der Waals surface area contributed by atoms with Gasteiger partial charge in [0.05, 0.1) is 11.9 Å². The summed E-state index contributed by atoms with van der Waals surface area (Å²) in [4.78, 5) is 21.1. The second-order valence-corrected chi connectivity index (χ2v) is 7.41. The Morgan fingerprint density at radius 2 is 1.93 bits per heavy atom. The van der Waals surface area contributed by atoms with Crippen LogP contribution in [0, 0.1) is 0 Å². The lowest BCUT2D eigenvalue weighted by Gasteiger charge is -2.29. The fourth-order valence-electron chi connectivity index (χ4n) is 3.46. The van der Waals surface area contributed by atoms with E-state index in [-0.39, 0.29) is 6.10 Å². The lowest BCUT2D eigenvalue weighted by molar-refractivity contribution is 0.0879. The largest absolute Gasteiger partial charge is 0.474 e. The summed E-state index contributed by atoms with van der Waals surface area (Å²) in [5.41, 5.74) is 2.61. The zero-order chi connectivity index (χ0) is 20.4. The van der Waals surface area contributed by atoms with Gasteiger partial charge in [-0.3, -0.25) is 0 Å². The van der Waals surface area contributed by atoms with Crippen LogP contribution in [-0.2, 0) is 0 Å². The average molecular weight is 396 g/mol. The second kappa shape index (κ2) is 7.94. The molecular formula is C20H24N6O3. The van der Waals surface area contributed by atoms with Gasteiger partial charge in [0, 0.05) is 37.7 Å². The Balaban J connectivity index is 1.53. The van der Waals surface area contributed by atoms with E-state index in [9.17, 15) is 4.79 Å². The van der Waals surface area contributed by atoms with E-state index < -0.39 is 6.09 Å². The minimum absolute atomic E-state index is 0.0755. The quantitative estimate of drug-likeness (QED) is 0.682. The Hall–Kier alpha value is -3.36. The predicted octanol–water partition coefficient (Wildman–Crippen LogP) is 3.16. The Labute approximate surface area is 168 Å². The molecule has 4 rings (SSSR count). The lowest BCUT2D eigenvalue weighted by Crippen LogP contribution is -2.41. The molecule has 2 N–H and O–H groups in total. The molecule has 1 aliphatic heterocycles. The van der Waals surface area contributed by atoms with Gasteiger partial charge < -0.3 is 20.1 Å². The minimum atomic E-state index is -0.885. The zero-order valence-corrected chi connectivity index (χ0v) is 16.4. The number of piperidine rings is 1. The molecule has 2 aromatic heterocycles. The molecule has 1 aromatic carbocycles. The van der Waals surface area contributed by atoms with Crippen LogP contribution in [0.15, 0.2) is 36.8 Å². The number of anilines is 1. The van der Waals surface area contributed by atoms with E-state index >= 15 is 0 Å². The Bertz CT molecular complexity index is 993. The van der Waals surface area contributed by atoms with Crippen molar-refractivity contribution in [3.63, 3.8) is 0 Å². The van der Waals surface area contributed by atoms with E-state index in [4.69, 9.17) is 9.84 Å². The summed E-state index contributed by atoms with van der Waals surface area (Å²) in [6.07, 6.45) is 3.48. The number of hydrogen-bond donors (Lipinski definition) is 2. The molecular weight excluding hydrogens is 372 g/mol. The summed E-state index contributed by atoms with van der Waals surface area (Å²) in [5.74, 6) is 0.480. The van der Waals surface area contributed by atoms with Crippen LogP contribution >= 0.6 is 0 Å². The van der Waals surface area contributed by atoms with E-state index in [0.29, 0.717) is 43.5 Å². The van der Waals surface area contributed by atoms with E-state index in [1.54, 1.807) is 10.9 Å². The Morgan fingerprint density at radius 1 is 1.21 bits per heavy atom. The number of nitrogens with one attached hydrogen (secondary N) is 1. The van der Waals surface area contributed by atoms with Crippen molar-refractivity contribution in [1.82, 2.24) is 24.6 Å². The lowest BCUT2D eigenvalue weighted by atomic mass is 10.1. The molecule has 29 heavy (non-hydrogen) atoms. The van der Waals surface area contributed by atoms with E-state index in [0.717, 1.165) is 16.8 Å². The van der Waals surface area contributed by atoms with Crippen LogP contribution in [0.2, 0.25) is 0 Å². The van der Waals surface area contributed by atoms with Gasteiger partial charge in [-0.1, -0.05) is 0 Å². The van der Waals surface area contributed by atoms with Crippen molar-refractivity contribution in [2.24, 2.45) is 0 Å². The van der Waals surface area contributed by atoms with Crippen molar-refractivity contribution in [2.45, 2.75) is 38.8 Å². The number of rotatable bonds is 5. The molecule has 152 valence electrons. The molecule has 9 nitrogen and oxygen atoms in total. The summed E-state index contributed by atoms with van der Waals surface area (Å²) < 4.78 is 7.83. The van der Waals surface area contributed by atoms with Crippen molar-refractivity contribution in [1.29, 1.82) is 0 Å². The molecule has 0 radical (unpaired) electrons. The van der Waals surface area contributed by atoms with Crippen LogP contribution in [-0.4, -0.2) is 61.1 Å². The van der Waals surface area contributed by atoms with Gasteiger partial charge in [0.2, 0.25) is 5.88 Å². The highest BCUT2D eigenvalue weighted by molar-refractivity contribution is 5.81. The smallest absolute Gasteiger partial charge is 0.407 e. The number of ether oxygens (including phenoxy) is 1. The molecule has 0 bridgehead atoms. The highest BCUT2D eigenvalue weighted by atomic mass is 16.5. The maximum Gasteiger partial charge on any atom is 0.407 e. The first kappa shape index (κ1) is 19.0. The third-order valence-corrected chi connectivity index (χ3v) is 4.89. The topological polar surface area (TPSA) is 105 Å². The minimum Gasteiger partial charge on any atom is -0.474 e. The van der Waals surface area contributed by atoms with Gasteiger partial charge in [-0.05, 0) is 38.1 Å². The van der Waals surface area contributed by atoms with Gasteiger partial charge in [-0.15, -0.1) is 0 Å². The van der Waals surface area contributed by atoms with Crippen LogP contribution in [0.3, 0.4) is 0 Å². The number of carbonyl (C=O) groups is 1. The number of likely N-dealkylation sites (tertiary alicyclic amines) is 1. The van der Waals surface area contributed by atoms with Crippen molar-refractivity contribution < 1.29 is 14.6 Å². The van der Waals surface area contributed by atoms with Gasteiger partial charge in [0.25, 0.3) is 0 Å². The highest BCUT2D eigenvalue weighted by Gasteiger charge is 2.24. The van der Waals surface area contributed by atoms with Gasteiger partial charge in [-0.25, -0.2) is 19.4 Å². The predicted molar refractivity (Wildman–Crippen MR) is 109 cm³/mol. The molecule has 1 amide bonds. The molecule has 0 spiro atoms. The average Bonchev–Trinajstić information content (AvgIpc) is 3.14. The van der Waals surface area contributed by atoms with Crippen LogP contribution < -0.4 is 10.1 Å². The Morgan fingerprint density at radius 3 is 2.59 bits per heavy atom. The Kier molecular flexibility index (Phi) is 5.20. The molecule has 1 fully saturated rings. The number of aromatic nitrogens is 4. The number of nitrogens with zero attached hydrogens (tertiary/aromatic N) is 5. The number of fused-ring (bicyclic) bond motifs is 1. The third kappa shape index (κ3) is 4.08. The second-order valence-electron chi connectivity index (χ2n) is 7.41. The third-order valence-electron chi connectivity index (χ3n) is 4.89. The van der Waals surface area contributed by atoms with Crippen LogP contribution in [0.5, 0.6) is 5.88 Å². The van der Waals surface area contributed by atoms with Crippen LogP contribution in [0.1, 0.15) is 26.7 Å². The van der Waals surface area contributed by atoms with E-state index in [2.05, 4.69) is 34.2 Å².